The molecule has 4 rings (SSSR count). The van der Waals surface area contributed by atoms with Gasteiger partial charge in [0.25, 0.3) is 11.5 Å². The van der Waals surface area contributed by atoms with Crippen molar-refractivity contribution in [1.82, 2.24) is 10.3 Å². The van der Waals surface area contributed by atoms with Gasteiger partial charge in [-0.1, -0.05) is 42.5 Å². The average molecular weight is 390 g/mol. The predicted molar refractivity (Wildman–Crippen MR) is 106 cm³/mol. The van der Waals surface area contributed by atoms with Crippen LogP contribution in [0.2, 0.25) is 0 Å². The van der Waals surface area contributed by atoms with E-state index in [0.717, 1.165) is 5.56 Å². The standard InChI is InChI=1S/C23H19FN2O3/c24-17-8-6-14(7-9-17)13-25-22(28)19-12-18-20(26-23(19)29)10-16(11-21(18)27)15-4-2-1-3-5-15/h1-9,12,16H,10-11,13H2,(H,25,28)(H,26,29). The van der Waals surface area contributed by atoms with Crippen molar-refractivity contribution >= 4 is 11.7 Å². The minimum absolute atomic E-state index is 0.00463. The highest BCUT2D eigenvalue weighted by molar-refractivity contribution is 6.02. The molecule has 0 bridgehead atoms. The fraction of sp³-hybridized carbons (Fsp3) is 0.174. The van der Waals surface area contributed by atoms with Gasteiger partial charge < -0.3 is 10.3 Å². The molecule has 6 heteroatoms. The second-order valence-electron chi connectivity index (χ2n) is 7.15. The molecule has 0 fully saturated rings. The number of rotatable bonds is 4. The number of halogens is 1. The number of carbonyl (C=O) groups excluding carboxylic acids is 2. The van der Waals surface area contributed by atoms with Gasteiger partial charge in [0, 0.05) is 24.2 Å². The second-order valence-corrected chi connectivity index (χ2v) is 7.15. The molecule has 1 aliphatic rings. The normalized spacial score (nSPS) is 15.6. The number of aromatic amines is 1. The monoisotopic (exact) mass is 390 g/mol. The maximum atomic E-state index is 13.0. The lowest BCUT2D eigenvalue weighted by Gasteiger charge is -2.24. The van der Waals surface area contributed by atoms with Gasteiger partial charge in [0.2, 0.25) is 0 Å². The van der Waals surface area contributed by atoms with Crippen molar-refractivity contribution in [2.75, 3.05) is 0 Å². The maximum Gasteiger partial charge on any atom is 0.261 e. The van der Waals surface area contributed by atoms with Crippen molar-refractivity contribution < 1.29 is 14.0 Å². The van der Waals surface area contributed by atoms with E-state index >= 15 is 0 Å². The number of fused-ring (bicyclic) bond motifs is 1. The van der Waals surface area contributed by atoms with Gasteiger partial charge in [-0.3, -0.25) is 14.4 Å². The van der Waals surface area contributed by atoms with E-state index in [1.807, 2.05) is 30.3 Å². The Bertz CT molecular complexity index is 1120. The third-order valence-electron chi connectivity index (χ3n) is 5.19. The van der Waals surface area contributed by atoms with E-state index < -0.39 is 11.5 Å². The fourth-order valence-electron chi connectivity index (χ4n) is 3.64. The number of ketones is 1. The molecule has 2 aromatic carbocycles. The van der Waals surface area contributed by atoms with Crippen molar-refractivity contribution in [3.05, 3.63) is 105 Å². The summed E-state index contributed by atoms with van der Waals surface area (Å²) in [7, 11) is 0. The van der Waals surface area contributed by atoms with Gasteiger partial charge >= 0.3 is 0 Å². The van der Waals surface area contributed by atoms with Gasteiger partial charge in [0.15, 0.2) is 5.78 Å². The van der Waals surface area contributed by atoms with E-state index in [-0.39, 0.29) is 29.6 Å². The molecule has 0 radical (unpaired) electrons. The Morgan fingerprint density at radius 2 is 1.76 bits per heavy atom. The van der Waals surface area contributed by atoms with Gasteiger partial charge in [0.1, 0.15) is 11.4 Å². The van der Waals surface area contributed by atoms with E-state index in [0.29, 0.717) is 29.7 Å². The number of aromatic nitrogens is 1. The van der Waals surface area contributed by atoms with Crippen LogP contribution >= 0.6 is 0 Å². The number of pyridine rings is 1. The average Bonchev–Trinajstić information content (AvgIpc) is 2.73. The van der Waals surface area contributed by atoms with E-state index in [1.165, 1.54) is 18.2 Å². The number of hydrogen-bond acceptors (Lipinski definition) is 3. The summed E-state index contributed by atoms with van der Waals surface area (Å²) < 4.78 is 13.0. The lowest BCUT2D eigenvalue weighted by atomic mass is 9.81. The summed E-state index contributed by atoms with van der Waals surface area (Å²) in [5.74, 6) is -1.02. The molecule has 29 heavy (non-hydrogen) atoms. The van der Waals surface area contributed by atoms with Crippen LogP contribution < -0.4 is 10.9 Å². The molecule has 146 valence electrons. The van der Waals surface area contributed by atoms with Crippen molar-refractivity contribution in [2.24, 2.45) is 0 Å². The van der Waals surface area contributed by atoms with Crippen molar-refractivity contribution in [1.29, 1.82) is 0 Å². The highest BCUT2D eigenvalue weighted by Crippen LogP contribution is 2.31. The topological polar surface area (TPSA) is 79.0 Å². The summed E-state index contributed by atoms with van der Waals surface area (Å²) in [6, 6.07) is 16.8. The van der Waals surface area contributed by atoms with Crippen LogP contribution in [0.4, 0.5) is 4.39 Å². The molecule has 1 heterocycles. The zero-order valence-electron chi connectivity index (χ0n) is 15.6. The van der Waals surface area contributed by atoms with Crippen LogP contribution in [-0.4, -0.2) is 16.7 Å². The Morgan fingerprint density at radius 1 is 1.03 bits per heavy atom. The zero-order chi connectivity index (χ0) is 20.4. The second kappa shape index (κ2) is 7.83. The maximum absolute atomic E-state index is 13.0. The summed E-state index contributed by atoms with van der Waals surface area (Å²) >= 11 is 0. The largest absolute Gasteiger partial charge is 0.348 e. The van der Waals surface area contributed by atoms with Crippen LogP contribution in [0, 0.1) is 5.82 Å². The number of carbonyl (C=O) groups is 2. The Labute approximate surface area is 166 Å². The molecule has 1 amide bonds. The van der Waals surface area contributed by atoms with E-state index in [2.05, 4.69) is 10.3 Å². The Hall–Kier alpha value is -3.54. The summed E-state index contributed by atoms with van der Waals surface area (Å²) in [5, 5.41) is 2.64. The summed E-state index contributed by atoms with van der Waals surface area (Å²) in [6.45, 7) is 0.152. The smallest absolute Gasteiger partial charge is 0.261 e. The number of benzene rings is 2. The first-order valence-corrected chi connectivity index (χ1v) is 9.38. The number of H-pyrrole nitrogens is 1. The summed E-state index contributed by atoms with van der Waals surface area (Å²) in [4.78, 5) is 40.3. The van der Waals surface area contributed by atoms with Gasteiger partial charge in [-0.25, -0.2) is 4.39 Å². The molecule has 0 saturated carbocycles. The minimum Gasteiger partial charge on any atom is -0.348 e. The number of hydrogen-bond donors (Lipinski definition) is 2. The number of amides is 1. The fourth-order valence-corrected chi connectivity index (χ4v) is 3.64. The zero-order valence-corrected chi connectivity index (χ0v) is 15.6. The third-order valence-corrected chi connectivity index (χ3v) is 5.19. The van der Waals surface area contributed by atoms with Gasteiger partial charge in [-0.05, 0) is 41.7 Å². The first-order chi connectivity index (χ1) is 14.0. The molecule has 1 unspecified atom stereocenters. The number of nitrogens with one attached hydrogen (secondary N) is 2. The molecule has 5 nitrogen and oxygen atoms in total. The first kappa shape index (κ1) is 18.8. The van der Waals surface area contributed by atoms with Gasteiger partial charge in [0.05, 0.1) is 0 Å². The lowest BCUT2D eigenvalue weighted by Crippen LogP contribution is -2.32. The van der Waals surface area contributed by atoms with Crippen LogP contribution in [0.5, 0.6) is 0 Å². The molecular formula is C23H19FN2O3. The SMILES string of the molecule is O=C1CC(c2ccccc2)Cc2[nH]c(=O)c(C(=O)NCc3ccc(F)cc3)cc21. The van der Waals surface area contributed by atoms with Crippen LogP contribution in [0.3, 0.4) is 0 Å². The molecule has 3 aromatic rings. The Morgan fingerprint density at radius 3 is 2.48 bits per heavy atom. The molecule has 0 saturated heterocycles. The summed E-state index contributed by atoms with van der Waals surface area (Å²) in [6.07, 6.45) is 0.873. The minimum atomic E-state index is -0.573. The van der Waals surface area contributed by atoms with E-state index in [1.54, 1.807) is 12.1 Å². The Kier molecular flexibility index (Phi) is 5.08. The Balaban J connectivity index is 1.54. The van der Waals surface area contributed by atoms with Crippen LogP contribution in [0.15, 0.2) is 65.5 Å². The molecular weight excluding hydrogens is 371 g/mol. The first-order valence-electron chi connectivity index (χ1n) is 9.38. The van der Waals surface area contributed by atoms with Crippen LogP contribution in [-0.2, 0) is 13.0 Å². The molecule has 1 aliphatic carbocycles. The van der Waals surface area contributed by atoms with Crippen LogP contribution in [0.25, 0.3) is 0 Å². The van der Waals surface area contributed by atoms with E-state index in [4.69, 9.17) is 0 Å². The highest BCUT2D eigenvalue weighted by Gasteiger charge is 2.28. The van der Waals surface area contributed by atoms with Gasteiger partial charge in [-0.15, -0.1) is 0 Å². The molecule has 1 aromatic heterocycles. The lowest BCUT2D eigenvalue weighted by molar-refractivity contribution is 0.0949. The molecule has 2 N–H and O–H groups in total. The quantitative estimate of drug-likeness (QED) is 0.717. The van der Waals surface area contributed by atoms with Crippen LogP contribution in [0.1, 0.15) is 49.9 Å². The van der Waals surface area contributed by atoms with Crippen molar-refractivity contribution in [2.45, 2.75) is 25.3 Å². The van der Waals surface area contributed by atoms with Crippen molar-refractivity contribution in [3.63, 3.8) is 0 Å². The predicted octanol–water partition coefficient (Wildman–Crippen LogP) is 3.36. The van der Waals surface area contributed by atoms with Crippen molar-refractivity contribution in [3.8, 4) is 0 Å². The highest BCUT2D eigenvalue weighted by atomic mass is 19.1. The third kappa shape index (κ3) is 4.01. The molecule has 1 atom stereocenters. The van der Waals surface area contributed by atoms with E-state index in [9.17, 15) is 18.8 Å². The molecule has 0 aliphatic heterocycles. The summed E-state index contributed by atoms with van der Waals surface area (Å²) in [5.41, 5.74) is 2.09. The molecule has 0 spiro atoms. The van der Waals surface area contributed by atoms with Gasteiger partial charge in [-0.2, -0.15) is 0 Å². The number of Topliss-reactive ketones (excluding diaryl/α,β-unsaturated/α-hetero) is 1.